The molecule has 9 nitrogen and oxygen atoms in total. The fourth-order valence-electron chi connectivity index (χ4n) is 1.77. The monoisotopic (exact) mass is 298 g/mol. The van der Waals surface area contributed by atoms with Gasteiger partial charge in [0.15, 0.2) is 0 Å². The molecule has 0 saturated carbocycles. The Morgan fingerprint density at radius 1 is 1.36 bits per heavy atom. The number of nitrogen functional groups attached to an aromatic ring is 1. The van der Waals surface area contributed by atoms with E-state index in [1.165, 1.54) is 18.3 Å². The molecule has 2 aromatic heterocycles. The van der Waals surface area contributed by atoms with Crippen LogP contribution in [0.2, 0.25) is 0 Å². The largest absolute Gasteiger partial charge is 0.478 e. The number of carboxylic acids is 1. The Bertz CT molecular complexity index is 851. The van der Waals surface area contributed by atoms with Gasteiger partial charge >= 0.3 is 5.97 Å². The highest BCUT2D eigenvalue weighted by molar-refractivity contribution is 5.89. The first-order valence-corrected chi connectivity index (χ1v) is 6.15. The second kappa shape index (κ2) is 5.48. The average molecular weight is 298 g/mol. The van der Waals surface area contributed by atoms with Crippen LogP contribution in [0.4, 0.5) is 5.95 Å². The second-order valence-electron chi connectivity index (χ2n) is 4.26. The highest BCUT2D eigenvalue weighted by Crippen LogP contribution is 2.22. The summed E-state index contributed by atoms with van der Waals surface area (Å²) in [6, 6.07) is 9.85. The van der Waals surface area contributed by atoms with Crippen LogP contribution in [-0.2, 0) is 0 Å². The molecule has 3 rings (SSSR count). The van der Waals surface area contributed by atoms with Gasteiger partial charge in [0.1, 0.15) is 11.5 Å². The molecule has 2 heterocycles. The molecule has 110 valence electrons. The van der Waals surface area contributed by atoms with Crippen molar-refractivity contribution in [2.75, 3.05) is 5.73 Å². The van der Waals surface area contributed by atoms with Crippen LogP contribution in [0.1, 0.15) is 16.1 Å². The maximum absolute atomic E-state index is 11.0. The number of benzene rings is 1. The third kappa shape index (κ3) is 2.68. The summed E-state index contributed by atoms with van der Waals surface area (Å²) in [6.45, 7) is 0. The first kappa shape index (κ1) is 13.5. The highest BCUT2D eigenvalue weighted by atomic mass is 16.4. The Morgan fingerprint density at radius 3 is 2.95 bits per heavy atom. The van der Waals surface area contributed by atoms with Crippen molar-refractivity contribution in [3.63, 3.8) is 0 Å². The quantitative estimate of drug-likeness (QED) is 0.689. The minimum absolute atomic E-state index is 0.0530. The molecule has 0 spiro atoms. The fourth-order valence-corrected chi connectivity index (χ4v) is 1.77. The van der Waals surface area contributed by atoms with Gasteiger partial charge in [-0.2, -0.15) is 5.10 Å². The number of tetrazole rings is 1. The van der Waals surface area contributed by atoms with Crippen molar-refractivity contribution in [2.45, 2.75) is 0 Å². The average Bonchev–Trinajstić information content (AvgIpc) is 3.14. The molecule has 3 aromatic rings. The summed E-state index contributed by atoms with van der Waals surface area (Å²) >= 11 is 0. The molecule has 0 atom stereocenters. The molecular weight excluding hydrogens is 288 g/mol. The van der Waals surface area contributed by atoms with Crippen LogP contribution in [0.25, 0.3) is 11.3 Å². The van der Waals surface area contributed by atoms with Crippen LogP contribution in [0, 0.1) is 0 Å². The van der Waals surface area contributed by atoms with Gasteiger partial charge in [0.2, 0.25) is 0 Å². The second-order valence-corrected chi connectivity index (χ2v) is 4.26. The highest BCUT2D eigenvalue weighted by Gasteiger charge is 2.08. The number of nitrogens with zero attached hydrogens (tertiary/aromatic N) is 5. The molecule has 1 aromatic carbocycles. The van der Waals surface area contributed by atoms with Gasteiger partial charge in [-0.3, -0.25) is 0 Å². The van der Waals surface area contributed by atoms with Crippen molar-refractivity contribution < 1.29 is 14.3 Å². The minimum Gasteiger partial charge on any atom is -0.478 e. The van der Waals surface area contributed by atoms with E-state index in [1.807, 2.05) is 0 Å². The lowest BCUT2D eigenvalue weighted by Crippen LogP contribution is -1.99. The zero-order valence-electron chi connectivity index (χ0n) is 11.1. The molecule has 22 heavy (non-hydrogen) atoms. The summed E-state index contributed by atoms with van der Waals surface area (Å²) in [5.41, 5.74) is 6.31. The molecule has 0 unspecified atom stereocenters. The van der Waals surface area contributed by atoms with Gasteiger partial charge in [-0.25, -0.2) is 4.79 Å². The standard InChI is InChI=1S/C13H10N6O3/c14-13-16-17-18-19(13)15-7-10-4-5-11(22-10)8-2-1-3-9(6-8)12(20)21/h1-7H,(H,20,21)(H2,14,16,18). The van der Waals surface area contributed by atoms with Crippen molar-refractivity contribution in [1.29, 1.82) is 0 Å². The predicted octanol–water partition coefficient (Wildman–Crippen LogP) is 1.10. The summed E-state index contributed by atoms with van der Waals surface area (Å²) < 4.78 is 5.58. The van der Waals surface area contributed by atoms with E-state index in [-0.39, 0.29) is 11.5 Å². The van der Waals surface area contributed by atoms with E-state index < -0.39 is 5.97 Å². The summed E-state index contributed by atoms with van der Waals surface area (Å²) in [5.74, 6) is 0.0291. The number of nitrogens with two attached hydrogens (primary N) is 1. The van der Waals surface area contributed by atoms with Gasteiger partial charge in [0.25, 0.3) is 5.95 Å². The Balaban J connectivity index is 1.85. The maximum Gasteiger partial charge on any atom is 0.335 e. The molecular formula is C13H10N6O3. The number of carbonyl (C=O) groups is 1. The number of aromatic carboxylic acids is 1. The normalized spacial score (nSPS) is 11.1. The van der Waals surface area contributed by atoms with E-state index in [0.717, 1.165) is 4.79 Å². The zero-order chi connectivity index (χ0) is 15.5. The van der Waals surface area contributed by atoms with Crippen molar-refractivity contribution in [3.05, 3.63) is 47.7 Å². The van der Waals surface area contributed by atoms with Crippen LogP contribution < -0.4 is 5.73 Å². The van der Waals surface area contributed by atoms with Gasteiger partial charge in [0.05, 0.1) is 11.8 Å². The number of anilines is 1. The number of carboxylic acid groups (broad SMARTS) is 1. The van der Waals surface area contributed by atoms with E-state index in [1.54, 1.807) is 24.3 Å². The van der Waals surface area contributed by atoms with E-state index in [2.05, 4.69) is 20.6 Å². The molecule has 3 N–H and O–H groups in total. The van der Waals surface area contributed by atoms with E-state index in [0.29, 0.717) is 17.1 Å². The smallest absolute Gasteiger partial charge is 0.335 e. The molecule has 0 fully saturated rings. The van der Waals surface area contributed by atoms with Gasteiger partial charge in [-0.15, -0.1) is 0 Å². The molecule has 0 amide bonds. The first-order chi connectivity index (χ1) is 10.6. The number of furan rings is 1. The fraction of sp³-hybridized carbons (Fsp3) is 0. The Labute approximate surface area is 123 Å². The Hall–Kier alpha value is -3.49. The van der Waals surface area contributed by atoms with Crippen LogP contribution in [0.5, 0.6) is 0 Å². The lowest BCUT2D eigenvalue weighted by Gasteiger charge is -1.98. The number of rotatable bonds is 4. The van der Waals surface area contributed by atoms with Crippen LogP contribution in [0.3, 0.4) is 0 Å². The Kier molecular flexibility index (Phi) is 3.36. The number of aromatic nitrogens is 4. The molecule has 0 aliphatic heterocycles. The predicted molar refractivity (Wildman–Crippen MR) is 76.3 cm³/mol. The van der Waals surface area contributed by atoms with Crippen molar-refractivity contribution in [3.8, 4) is 11.3 Å². The topological polar surface area (TPSA) is 132 Å². The molecule has 0 aliphatic carbocycles. The summed E-state index contributed by atoms with van der Waals surface area (Å²) in [6.07, 6.45) is 1.40. The number of hydrogen-bond acceptors (Lipinski definition) is 7. The first-order valence-electron chi connectivity index (χ1n) is 6.15. The van der Waals surface area contributed by atoms with E-state index in [9.17, 15) is 4.79 Å². The van der Waals surface area contributed by atoms with Gasteiger partial charge in [-0.1, -0.05) is 22.0 Å². The van der Waals surface area contributed by atoms with E-state index in [4.69, 9.17) is 15.3 Å². The van der Waals surface area contributed by atoms with Crippen LogP contribution >= 0.6 is 0 Å². The summed E-state index contributed by atoms with van der Waals surface area (Å²) in [7, 11) is 0. The zero-order valence-corrected chi connectivity index (χ0v) is 11.1. The molecule has 0 bridgehead atoms. The van der Waals surface area contributed by atoms with E-state index >= 15 is 0 Å². The van der Waals surface area contributed by atoms with Crippen LogP contribution in [-0.4, -0.2) is 37.6 Å². The maximum atomic E-state index is 11.0. The van der Waals surface area contributed by atoms with Crippen molar-refractivity contribution in [2.24, 2.45) is 5.10 Å². The Morgan fingerprint density at radius 2 is 2.23 bits per heavy atom. The van der Waals surface area contributed by atoms with Crippen molar-refractivity contribution in [1.82, 2.24) is 20.3 Å². The molecule has 9 heteroatoms. The molecule has 0 aliphatic rings. The third-order valence-electron chi connectivity index (χ3n) is 2.79. The summed E-state index contributed by atoms with van der Waals surface area (Å²) in [5, 5.41) is 23.3. The van der Waals surface area contributed by atoms with Gasteiger partial charge < -0.3 is 15.3 Å². The minimum atomic E-state index is -0.996. The SMILES string of the molecule is Nc1nnnn1N=Cc1ccc(-c2cccc(C(=O)O)c2)o1. The molecule has 0 radical (unpaired) electrons. The summed E-state index contributed by atoms with van der Waals surface area (Å²) in [4.78, 5) is 12.0. The lowest BCUT2D eigenvalue weighted by molar-refractivity contribution is 0.0697. The number of hydrogen-bond donors (Lipinski definition) is 2. The molecule has 0 saturated heterocycles. The van der Waals surface area contributed by atoms with Gasteiger partial charge in [0, 0.05) is 5.56 Å². The van der Waals surface area contributed by atoms with Gasteiger partial charge in [-0.05, 0) is 34.7 Å². The third-order valence-corrected chi connectivity index (χ3v) is 2.79. The van der Waals surface area contributed by atoms with Crippen molar-refractivity contribution >= 4 is 18.1 Å². The lowest BCUT2D eigenvalue weighted by atomic mass is 10.1. The van der Waals surface area contributed by atoms with Crippen LogP contribution in [0.15, 0.2) is 45.9 Å².